The number of halogens is 1. The minimum Gasteiger partial charge on any atom is -0.457 e. The van der Waals surface area contributed by atoms with E-state index in [1.54, 1.807) is 71.0 Å². The van der Waals surface area contributed by atoms with Gasteiger partial charge in [0.2, 0.25) is 11.9 Å². The van der Waals surface area contributed by atoms with E-state index in [2.05, 4.69) is 0 Å². The van der Waals surface area contributed by atoms with Gasteiger partial charge in [0.25, 0.3) is 0 Å². The van der Waals surface area contributed by atoms with E-state index >= 15 is 0 Å². The molecule has 1 aliphatic carbocycles. The van der Waals surface area contributed by atoms with Crippen LogP contribution in [-0.4, -0.2) is 17.5 Å². The van der Waals surface area contributed by atoms with Gasteiger partial charge in [0.15, 0.2) is 0 Å². The van der Waals surface area contributed by atoms with Gasteiger partial charge in [-0.25, -0.2) is 4.79 Å². The van der Waals surface area contributed by atoms with E-state index < -0.39 is 40.3 Å². The van der Waals surface area contributed by atoms with E-state index in [1.807, 2.05) is 24.3 Å². The molecule has 0 aromatic heterocycles. The van der Waals surface area contributed by atoms with Crippen molar-refractivity contribution >= 4 is 11.9 Å². The third kappa shape index (κ3) is 5.63. The molecule has 178 valence electrons. The van der Waals surface area contributed by atoms with Crippen molar-refractivity contribution in [2.75, 3.05) is 0 Å². The molecule has 1 aliphatic rings. The van der Waals surface area contributed by atoms with E-state index in [9.17, 15) is 19.2 Å². The summed E-state index contributed by atoms with van der Waals surface area (Å²) in [5.74, 6) is -2.00. The lowest BCUT2D eigenvalue weighted by Crippen LogP contribution is -2.27. The molecule has 3 rings (SSSR count). The van der Waals surface area contributed by atoms with Gasteiger partial charge in [-0.05, 0) is 62.9 Å². The molecule has 0 heterocycles. The second-order valence-electron chi connectivity index (χ2n) is 9.93. The van der Waals surface area contributed by atoms with Crippen LogP contribution >= 0.6 is 0 Å². The number of carbonyl (C=O) groups is 2. The molecule has 1 fully saturated rings. The van der Waals surface area contributed by atoms with Crippen LogP contribution in [0.3, 0.4) is 0 Å². The Bertz CT molecular complexity index is 1140. The summed E-state index contributed by atoms with van der Waals surface area (Å²) in [5.41, 5.74) is -2.49. The number of esters is 2. The lowest BCUT2D eigenvalue weighted by atomic mass is 9.95. The first kappa shape index (κ1) is 25.0. The largest absolute Gasteiger partial charge is 0.457 e. The van der Waals surface area contributed by atoms with E-state index in [4.69, 9.17) is 14.2 Å². The number of nitriles is 1. The first-order chi connectivity index (χ1) is 15.9. The monoisotopic (exact) mass is 465 g/mol. The van der Waals surface area contributed by atoms with Crippen LogP contribution in [0, 0.1) is 22.2 Å². The Morgan fingerprint density at radius 2 is 1.71 bits per heavy atom. The number of nitrogens with zero attached hydrogens (tertiary/aromatic N) is 1. The summed E-state index contributed by atoms with van der Waals surface area (Å²) in [6.45, 7) is 8.40. The Kier molecular flexibility index (Phi) is 6.83. The molecule has 0 radical (unpaired) electrons. The third-order valence-electron chi connectivity index (χ3n) is 5.62. The molecule has 2 aromatic rings. The normalized spacial score (nSPS) is 20.0. The second-order valence-corrected chi connectivity index (χ2v) is 9.93. The second kappa shape index (κ2) is 9.30. The third-order valence-corrected chi connectivity index (χ3v) is 5.62. The molecule has 1 saturated carbocycles. The number of para-hydroxylation sites is 1. The van der Waals surface area contributed by atoms with Gasteiger partial charge in [0.05, 0.1) is 5.41 Å². The molecule has 0 unspecified atom stereocenters. The van der Waals surface area contributed by atoms with Crippen LogP contribution in [0.1, 0.15) is 52.7 Å². The van der Waals surface area contributed by atoms with Crippen LogP contribution in [-0.2, 0) is 19.1 Å². The summed E-state index contributed by atoms with van der Waals surface area (Å²) in [6.07, 6.45) is -0.00461. The smallest absolute Gasteiger partial charge is 0.367 e. The van der Waals surface area contributed by atoms with Crippen LogP contribution in [0.25, 0.3) is 0 Å². The van der Waals surface area contributed by atoms with Crippen LogP contribution in [0.2, 0.25) is 0 Å². The zero-order valence-corrected chi connectivity index (χ0v) is 19.9. The summed E-state index contributed by atoms with van der Waals surface area (Å²) in [7, 11) is 0. The highest BCUT2D eigenvalue weighted by molar-refractivity contribution is 5.91. The van der Waals surface area contributed by atoms with Gasteiger partial charge >= 0.3 is 11.9 Å². The number of hydrogen-bond acceptors (Lipinski definition) is 6. The Morgan fingerprint density at radius 1 is 1.09 bits per heavy atom. The number of hydrogen-bond donors (Lipinski definition) is 0. The molecule has 2 aromatic carbocycles. The van der Waals surface area contributed by atoms with Crippen LogP contribution in [0.15, 0.2) is 66.5 Å². The van der Waals surface area contributed by atoms with Crippen molar-refractivity contribution in [3.05, 3.63) is 72.1 Å². The first-order valence-electron chi connectivity index (χ1n) is 10.9. The Morgan fingerprint density at radius 3 is 2.26 bits per heavy atom. The predicted molar refractivity (Wildman–Crippen MR) is 123 cm³/mol. The number of carbonyl (C=O) groups excluding carboxylic acids is 2. The molecule has 0 saturated heterocycles. The predicted octanol–water partition coefficient (Wildman–Crippen LogP) is 6.20. The van der Waals surface area contributed by atoms with Crippen molar-refractivity contribution in [3.8, 4) is 17.6 Å². The summed E-state index contributed by atoms with van der Waals surface area (Å²) >= 11 is 0. The maximum Gasteiger partial charge on any atom is 0.367 e. The molecule has 34 heavy (non-hydrogen) atoms. The molecule has 0 amide bonds. The van der Waals surface area contributed by atoms with Gasteiger partial charge in [-0.1, -0.05) is 44.2 Å². The Hall–Kier alpha value is -3.66. The van der Waals surface area contributed by atoms with Crippen molar-refractivity contribution in [1.29, 1.82) is 5.26 Å². The van der Waals surface area contributed by atoms with Crippen LogP contribution in [0.4, 0.5) is 4.39 Å². The van der Waals surface area contributed by atoms with E-state index in [1.165, 1.54) is 0 Å². The maximum absolute atomic E-state index is 14.7. The lowest BCUT2D eigenvalue weighted by Gasteiger charge is -2.21. The van der Waals surface area contributed by atoms with Crippen molar-refractivity contribution in [1.82, 2.24) is 0 Å². The number of ether oxygens (including phenoxy) is 3. The molecule has 0 N–H and O–H groups in total. The molecule has 0 bridgehead atoms. The fraction of sp³-hybridized carbons (Fsp3) is 0.370. The average molecular weight is 466 g/mol. The van der Waals surface area contributed by atoms with Gasteiger partial charge < -0.3 is 14.2 Å². The zero-order chi connectivity index (χ0) is 25.1. The lowest BCUT2D eigenvalue weighted by molar-refractivity contribution is -0.153. The van der Waals surface area contributed by atoms with Crippen molar-refractivity contribution in [2.45, 2.75) is 52.7 Å². The van der Waals surface area contributed by atoms with Crippen molar-refractivity contribution in [3.63, 3.8) is 0 Å². The minimum absolute atomic E-state index is 0.268. The highest BCUT2D eigenvalue weighted by atomic mass is 19.1. The maximum atomic E-state index is 14.7. The molecule has 6 nitrogen and oxygen atoms in total. The van der Waals surface area contributed by atoms with Gasteiger partial charge in [-0.15, -0.1) is 0 Å². The number of benzene rings is 2. The Labute approximate surface area is 198 Å². The summed E-state index contributed by atoms with van der Waals surface area (Å²) in [6, 6.07) is 17.7. The fourth-order valence-corrected chi connectivity index (χ4v) is 3.66. The van der Waals surface area contributed by atoms with E-state index in [0.717, 1.165) is 6.08 Å². The zero-order valence-electron chi connectivity index (χ0n) is 19.9. The van der Waals surface area contributed by atoms with E-state index in [-0.39, 0.29) is 6.42 Å². The standard InChI is InChI=1S/C27H28FNO5/c1-25(2,3)34-23(30)21(28)15-27(17-26(27,4)5)24(31)33-22(16-29)18-10-9-13-20(14-18)32-19-11-7-6-8-12-19/h6-15,22H,17H2,1-5H3/t22-,27-/m1/s1. The fourth-order valence-electron chi connectivity index (χ4n) is 3.66. The molecular weight excluding hydrogens is 437 g/mol. The quantitative estimate of drug-likeness (QED) is 0.358. The van der Waals surface area contributed by atoms with Gasteiger partial charge in [0, 0.05) is 5.56 Å². The van der Waals surface area contributed by atoms with Crippen LogP contribution < -0.4 is 4.74 Å². The summed E-state index contributed by atoms with van der Waals surface area (Å²) < 4.78 is 31.0. The first-order valence-corrected chi connectivity index (χ1v) is 10.9. The van der Waals surface area contributed by atoms with Gasteiger partial charge in [0.1, 0.15) is 23.2 Å². The van der Waals surface area contributed by atoms with Crippen molar-refractivity contribution in [2.24, 2.45) is 10.8 Å². The highest BCUT2D eigenvalue weighted by Crippen LogP contribution is 2.65. The number of rotatable bonds is 7. The highest BCUT2D eigenvalue weighted by Gasteiger charge is 2.67. The topological polar surface area (TPSA) is 85.6 Å². The molecule has 0 aliphatic heterocycles. The van der Waals surface area contributed by atoms with Crippen molar-refractivity contribution < 1.29 is 28.2 Å². The van der Waals surface area contributed by atoms with Crippen LogP contribution in [0.5, 0.6) is 11.5 Å². The molecule has 2 atom stereocenters. The molecular formula is C27H28FNO5. The van der Waals surface area contributed by atoms with E-state index in [0.29, 0.717) is 17.1 Å². The Balaban J connectivity index is 1.79. The summed E-state index contributed by atoms with van der Waals surface area (Å²) in [4.78, 5) is 25.2. The molecule has 0 spiro atoms. The van der Waals surface area contributed by atoms with Gasteiger partial charge in [-0.2, -0.15) is 9.65 Å². The summed E-state index contributed by atoms with van der Waals surface area (Å²) in [5, 5.41) is 9.69. The SMILES string of the molecule is CC(C)(C)OC(=O)C(F)=C[C@]1(C(=O)O[C@H](C#N)c2cccc(Oc3ccccc3)c2)CC1(C)C. The minimum atomic E-state index is -1.37. The average Bonchev–Trinajstić information content (AvgIpc) is 3.32. The van der Waals surface area contributed by atoms with Gasteiger partial charge in [-0.3, -0.25) is 4.79 Å². The molecule has 7 heteroatoms.